The van der Waals surface area contributed by atoms with Crippen LogP contribution < -0.4 is 0 Å². The third-order valence-electron chi connectivity index (χ3n) is 9.74. The van der Waals surface area contributed by atoms with Crippen LogP contribution in [-0.2, 0) is 11.2 Å². The Kier molecular flexibility index (Phi) is 4.19. The van der Waals surface area contributed by atoms with Crippen LogP contribution >= 0.6 is 11.3 Å². The second-order valence-corrected chi connectivity index (χ2v) is 12.0. The molecule has 31 heavy (non-hydrogen) atoms. The summed E-state index contributed by atoms with van der Waals surface area (Å²) >= 11 is 1.79. The van der Waals surface area contributed by atoms with Crippen molar-refractivity contribution in [1.82, 2.24) is 4.98 Å². The normalized spacial score (nSPS) is 38.8. The molecule has 0 bridgehead atoms. The first-order valence-corrected chi connectivity index (χ1v) is 12.7. The molecule has 3 saturated carbocycles. The van der Waals surface area contributed by atoms with Crippen LogP contribution in [0.4, 0.5) is 0 Å². The van der Waals surface area contributed by atoms with Gasteiger partial charge in [0.2, 0.25) is 0 Å². The molecule has 4 aliphatic carbocycles. The van der Waals surface area contributed by atoms with E-state index in [1.54, 1.807) is 23.5 Å². The average molecular weight is 438 g/mol. The monoisotopic (exact) mass is 437 g/mol. The summed E-state index contributed by atoms with van der Waals surface area (Å²) in [5.74, 6) is 2.91. The Morgan fingerprint density at radius 3 is 2.65 bits per heavy atom. The maximum atomic E-state index is 12.7. The maximum absolute atomic E-state index is 12.7. The summed E-state index contributed by atoms with van der Waals surface area (Å²) in [4.78, 5) is 19.1. The predicted octanol–water partition coefficient (Wildman–Crippen LogP) is 6.06. The Hall–Kier alpha value is -1.88. The van der Waals surface area contributed by atoms with Crippen LogP contribution in [0.5, 0.6) is 11.5 Å². The van der Waals surface area contributed by atoms with Gasteiger partial charge in [-0.3, -0.25) is 4.79 Å². The molecule has 1 aromatic heterocycles. The van der Waals surface area contributed by atoms with E-state index in [-0.39, 0.29) is 16.9 Å². The Balaban J connectivity index is 1.34. The van der Waals surface area contributed by atoms with E-state index in [2.05, 4.69) is 13.8 Å². The largest absolute Gasteiger partial charge is 0.504 e. The van der Waals surface area contributed by atoms with Crippen molar-refractivity contribution in [2.24, 2.45) is 28.6 Å². The lowest BCUT2D eigenvalue weighted by Gasteiger charge is -2.59. The van der Waals surface area contributed by atoms with Gasteiger partial charge in [-0.15, -0.1) is 11.3 Å². The van der Waals surface area contributed by atoms with Crippen LogP contribution in [0.1, 0.15) is 75.3 Å². The van der Waals surface area contributed by atoms with Gasteiger partial charge in [-0.05, 0) is 86.3 Å². The van der Waals surface area contributed by atoms with Crippen molar-refractivity contribution in [3.8, 4) is 22.1 Å². The van der Waals surface area contributed by atoms with Gasteiger partial charge in [0.15, 0.2) is 11.5 Å². The fraction of sp³-hybridized carbons (Fsp3) is 0.615. The molecule has 1 heterocycles. The van der Waals surface area contributed by atoms with E-state index >= 15 is 0 Å². The van der Waals surface area contributed by atoms with Crippen LogP contribution in [0.15, 0.2) is 18.2 Å². The highest BCUT2D eigenvalue weighted by Gasteiger charge is 2.60. The molecule has 4 nitrogen and oxygen atoms in total. The van der Waals surface area contributed by atoms with Gasteiger partial charge in [-0.2, -0.15) is 0 Å². The number of benzene rings is 1. The molecule has 1 unspecified atom stereocenters. The zero-order valence-corrected chi connectivity index (χ0v) is 19.2. The average Bonchev–Trinajstić information content (AvgIpc) is 3.31. The fourth-order valence-electron chi connectivity index (χ4n) is 8.00. The number of aromatic nitrogens is 1. The van der Waals surface area contributed by atoms with Crippen LogP contribution in [0.25, 0.3) is 10.6 Å². The molecule has 1 aromatic carbocycles. The SMILES string of the molecule is C[C@]12CCc3nc(-c4ccc(O)c(O)c4)sc3C1CC[C@@H]1[C@@H]2CC[C@]2(C)C(=O)CC[C@@H]12. The van der Waals surface area contributed by atoms with Gasteiger partial charge in [-0.1, -0.05) is 13.8 Å². The summed E-state index contributed by atoms with van der Waals surface area (Å²) < 4.78 is 0. The molecule has 0 radical (unpaired) electrons. The number of phenols is 2. The number of Topliss-reactive ketones (excluding diaryl/α,β-unsaturated/α-hetero) is 1. The summed E-state index contributed by atoms with van der Waals surface area (Å²) in [6.07, 6.45) is 8.83. The van der Waals surface area contributed by atoms with Gasteiger partial charge >= 0.3 is 0 Å². The summed E-state index contributed by atoms with van der Waals surface area (Å²) in [7, 11) is 0. The van der Waals surface area contributed by atoms with Crippen molar-refractivity contribution in [3.05, 3.63) is 28.8 Å². The fourth-order valence-corrected chi connectivity index (χ4v) is 9.40. The highest BCUT2D eigenvalue weighted by Crippen LogP contribution is 2.67. The molecular formula is C26H31NO3S. The van der Waals surface area contributed by atoms with Crippen LogP contribution in [0.3, 0.4) is 0 Å². The molecule has 2 N–H and O–H groups in total. The highest BCUT2D eigenvalue weighted by atomic mass is 32.1. The number of hydrogen-bond acceptors (Lipinski definition) is 5. The van der Waals surface area contributed by atoms with Crippen molar-refractivity contribution in [3.63, 3.8) is 0 Å². The summed E-state index contributed by atoms with van der Waals surface area (Å²) in [5.41, 5.74) is 2.36. The lowest BCUT2D eigenvalue weighted by molar-refractivity contribution is -0.134. The molecule has 3 fully saturated rings. The van der Waals surface area contributed by atoms with E-state index in [1.807, 2.05) is 6.07 Å². The summed E-state index contributed by atoms with van der Waals surface area (Å²) in [6.45, 7) is 4.79. The molecule has 6 rings (SSSR count). The van der Waals surface area contributed by atoms with Gasteiger partial charge in [0, 0.05) is 28.2 Å². The molecule has 0 aliphatic heterocycles. The zero-order chi connectivity index (χ0) is 21.5. The smallest absolute Gasteiger partial charge is 0.158 e. The first kappa shape index (κ1) is 19.8. The summed E-state index contributed by atoms with van der Waals surface area (Å²) in [6, 6.07) is 5.01. The molecule has 0 amide bonds. The number of hydrogen-bond donors (Lipinski definition) is 2. The first-order chi connectivity index (χ1) is 14.8. The van der Waals surface area contributed by atoms with Crippen molar-refractivity contribution in [2.75, 3.05) is 0 Å². The molecule has 0 spiro atoms. The minimum Gasteiger partial charge on any atom is -0.504 e. The van der Waals surface area contributed by atoms with Crippen LogP contribution in [0.2, 0.25) is 0 Å². The number of aryl methyl sites for hydroxylation is 1. The number of fused-ring (bicyclic) bond motifs is 7. The van der Waals surface area contributed by atoms with E-state index in [0.717, 1.165) is 36.3 Å². The van der Waals surface area contributed by atoms with Crippen molar-refractivity contribution >= 4 is 17.1 Å². The Morgan fingerprint density at radius 2 is 1.84 bits per heavy atom. The third kappa shape index (κ3) is 2.65. The van der Waals surface area contributed by atoms with Gasteiger partial charge < -0.3 is 10.2 Å². The number of carbonyl (C=O) groups is 1. The molecular weight excluding hydrogens is 406 g/mol. The molecule has 6 atom stereocenters. The van der Waals surface area contributed by atoms with Crippen molar-refractivity contribution in [2.45, 2.75) is 71.1 Å². The number of phenolic OH excluding ortho intramolecular Hbond substituents is 2. The second-order valence-electron chi connectivity index (χ2n) is 11.0. The maximum Gasteiger partial charge on any atom is 0.158 e. The van der Waals surface area contributed by atoms with Gasteiger partial charge in [0.1, 0.15) is 10.8 Å². The lowest BCUT2D eigenvalue weighted by Crippen LogP contribution is -2.52. The molecule has 164 valence electrons. The number of nitrogens with zero attached hydrogens (tertiary/aromatic N) is 1. The molecule has 5 heteroatoms. The molecule has 4 aliphatic rings. The number of ketones is 1. The first-order valence-electron chi connectivity index (χ1n) is 11.9. The Labute approximate surface area is 187 Å². The van der Waals surface area contributed by atoms with Crippen LogP contribution in [-0.4, -0.2) is 21.0 Å². The molecule has 2 aromatic rings. The van der Waals surface area contributed by atoms with E-state index in [0.29, 0.717) is 34.9 Å². The highest BCUT2D eigenvalue weighted by molar-refractivity contribution is 7.15. The van der Waals surface area contributed by atoms with E-state index in [1.165, 1.54) is 36.3 Å². The van der Waals surface area contributed by atoms with Gasteiger partial charge in [-0.25, -0.2) is 4.98 Å². The lowest BCUT2D eigenvalue weighted by atomic mass is 9.46. The number of rotatable bonds is 1. The van der Waals surface area contributed by atoms with Crippen molar-refractivity contribution < 1.29 is 15.0 Å². The minimum atomic E-state index is -0.0920. The van der Waals surface area contributed by atoms with E-state index in [9.17, 15) is 15.0 Å². The quantitative estimate of drug-likeness (QED) is 0.532. The topological polar surface area (TPSA) is 70.4 Å². The van der Waals surface area contributed by atoms with E-state index < -0.39 is 0 Å². The minimum absolute atomic E-state index is 0.0529. The number of thiazole rings is 1. The van der Waals surface area contributed by atoms with E-state index in [4.69, 9.17) is 4.98 Å². The second kappa shape index (κ2) is 6.57. The number of aromatic hydroxyl groups is 2. The van der Waals surface area contributed by atoms with Crippen LogP contribution in [0, 0.1) is 28.6 Å². The number of carbonyl (C=O) groups excluding carboxylic acids is 1. The zero-order valence-electron chi connectivity index (χ0n) is 18.4. The van der Waals surface area contributed by atoms with Crippen molar-refractivity contribution in [1.29, 1.82) is 0 Å². The predicted molar refractivity (Wildman–Crippen MR) is 121 cm³/mol. The Bertz CT molecular complexity index is 1080. The third-order valence-corrected chi connectivity index (χ3v) is 11.0. The molecule has 0 saturated heterocycles. The van der Waals surface area contributed by atoms with Gasteiger partial charge in [0.05, 0.1) is 5.69 Å². The Morgan fingerprint density at radius 1 is 1.00 bits per heavy atom. The van der Waals surface area contributed by atoms with Gasteiger partial charge in [0.25, 0.3) is 0 Å². The standard InChI is InChI=1S/C26H31NO3S/c1-25-12-10-19-23(31-24(27-19)14-3-7-20(28)21(29)13-14)18(25)5-4-15-16-6-8-22(30)26(16,2)11-9-17(15)25/h3,7,13,15-18,28-29H,4-6,8-12H2,1-2H3/t15-,16-,17-,18?,25+,26-/m0/s1. The summed E-state index contributed by atoms with van der Waals surface area (Å²) in [5, 5.41) is 20.5.